The van der Waals surface area contributed by atoms with E-state index in [0.29, 0.717) is 25.3 Å². The molecule has 7 heteroatoms. The zero-order valence-corrected chi connectivity index (χ0v) is 11.7. The summed E-state index contributed by atoms with van der Waals surface area (Å²) in [5.74, 6) is -0.223. The Morgan fingerprint density at radius 3 is 2.67 bits per heavy atom. The standard InChI is InChI=1S/C14H19N3O4/c18-13(2-1-3-14(19)20)16-11-4-5-12(15-10-11)17-6-8-21-9-7-17/h4-5,10H,1-3,6-9H2,(H,16,18)(H,19,20). The van der Waals surface area contributed by atoms with Gasteiger partial charge in [-0.3, -0.25) is 9.59 Å². The van der Waals surface area contributed by atoms with E-state index in [1.54, 1.807) is 12.3 Å². The third kappa shape index (κ3) is 5.03. The second kappa shape index (κ2) is 7.58. The molecule has 1 aliphatic heterocycles. The molecule has 7 nitrogen and oxygen atoms in total. The van der Waals surface area contributed by atoms with Gasteiger partial charge in [-0.2, -0.15) is 0 Å². The summed E-state index contributed by atoms with van der Waals surface area (Å²) >= 11 is 0. The molecule has 0 radical (unpaired) electrons. The lowest BCUT2D eigenvalue weighted by atomic mass is 10.2. The Labute approximate surface area is 122 Å². The van der Waals surface area contributed by atoms with Crippen LogP contribution in [0.3, 0.4) is 0 Å². The first-order valence-electron chi connectivity index (χ1n) is 6.95. The van der Waals surface area contributed by atoms with Crippen molar-refractivity contribution in [2.45, 2.75) is 19.3 Å². The highest BCUT2D eigenvalue weighted by Gasteiger charge is 2.12. The minimum atomic E-state index is -0.890. The highest BCUT2D eigenvalue weighted by Crippen LogP contribution is 2.15. The van der Waals surface area contributed by atoms with Crippen LogP contribution in [0.4, 0.5) is 11.5 Å². The second-order valence-corrected chi connectivity index (χ2v) is 4.80. The van der Waals surface area contributed by atoms with E-state index in [2.05, 4.69) is 15.2 Å². The normalized spacial score (nSPS) is 14.8. The molecule has 1 saturated heterocycles. The van der Waals surface area contributed by atoms with Crippen LogP contribution in [0, 0.1) is 0 Å². The number of rotatable bonds is 6. The summed E-state index contributed by atoms with van der Waals surface area (Å²) in [6.45, 7) is 3.02. The number of aromatic nitrogens is 1. The van der Waals surface area contributed by atoms with Gasteiger partial charge >= 0.3 is 5.97 Å². The van der Waals surface area contributed by atoms with Crippen LogP contribution >= 0.6 is 0 Å². The zero-order chi connectivity index (χ0) is 15.1. The fourth-order valence-electron chi connectivity index (χ4n) is 2.06. The SMILES string of the molecule is O=C(O)CCCC(=O)Nc1ccc(N2CCOCC2)nc1. The number of aliphatic carboxylic acids is 1. The molecule has 1 aromatic rings. The van der Waals surface area contributed by atoms with Crippen LogP contribution in [-0.2, 0) is 14.3 Å². The van der Waals surface area contributed by atoms with Crippen LogP contribution in [0.15, 0.2) is 18.3 Å². The van der Waals surface area contributed by atoms with Gasteiger partial charge in [-0.05, 0) is 18.6 Å². The molecule has 1 aliphatic rings. The summed E-state index contributed by atoms with van der Waals surface area (Å²) in [7, 11) is 0. The second-order valence-electron chi connectivity index (χ2n) is 4.80. The van der Waals surface area contributed by atoms with E-state index in [1.165, 1.54) is 0 Å². The summed E-state index contributed by atoms with van der Waals surface area (Å²) < 4.78 is 5.28. The van der Waals surface area contributed by atoms with Gasteiger partial charge in [0.2, 0.25) is 5.91 Å². The molecule has 2 heterocycles. The number of carboxylic acids is 1. The Morgan fingerprint density at radius 2 is 2.05 bits per heavy atom. The van der Waals surface area contributed by atoms with E-state index in [4.69, 9.17) is 9.84 Å². The molecule has 1 amide bonds. The number of amides is 1. The van der Waals surface area contributed by atoms with Gasteiger partial charge in [0, 0.05) is 25.9 Å². The molecule has 1 fully saturated rings. The first-order chi connectivity index (χ1) is 10.1. The van der Waals surface area contributed by atoms with Crippen molar-refractivity contribution >= 4 is 23.4 Å². The van der Waals surface area contributed by atoms with Crippen LogP contribution < -0.4 is 10.2 Å². The molecule has 2 rings (SSSR count). The molecule has 0 aliphatic carbocycles. The topological polar surface area (TPSA) is 91.8 Å². The Bertz CT molecular complexity index is 483. The number of ether oxygens (including phenoxy) is 1. The van der Waals surface area contributed by atoms with Crippen molar-refractivity contribution in [3.05, 3.63) is 18.3 Å². The van der Waals surface area contributed by atoms with Gasteiger partial charge in [0.15, 0.2) is 0 Å². The summed E-state index contributed by atoms with van der Waals surface area (Å²) in [6, 6.07) is 3.66. The summed E-state index contributed by atoms with van der Waals surface area (Å²) in [4.78, 5) is 28.4. The Morgan fingerprint density at radius 1 is 1.29 bits per heavy atom. The molecule has 0 bridgehead atoms. The van der Waals surface area contributed by atoms with Crippen LogP contribution in [0.5, 0.6) is 0 Å². The minimum absolute atomic E-state index is 0.00163. The lowest BCUT2D eigenvalue weighted by Gasteiger charge is -2.27. The minimum Gasteiger partial charge on any atom is -0.481 e. The van der Waals surface area contributed by atoms with Crippen molar-refractivity contribution in [3.8, 4) is 0 Å². The number of morpholine rings is 1. The fraction of sp³-hybridized carbons (Fsp3) is 0.500. The van der Waals surface area contributed by atoms with Crippen molar-refractivity contribution in [1.82, 2.24) is 4.98 Å². The molecule has 2 N–H and O–H groups in total. The molecule has 1 aromatic heterocycles. The van der Waals surface area contributed by atoms with E-state index in [1.807, 2.05) is 6.07 Å². The third-order valence-corrected chi connectivity index (χ3v) is 3.16. The van der Waals surface area contributed by atoms with Crippen molar-refractivity contribution in [1.29, 1.82) is 0 Å². The maximum Gasteiger partial charge on any atom is 0.303 e. The molecular weight excluding hydrogens is 274 g/mol. The van der Waals surface area contributed by atoms with Crippen LogP contribution in [0.1, 0.15) is 19.3 Å². The zero-order valence-electron chi connectivity index (χ0n) is 11.7. The van der Waals surface area contributed by atoms with Crippen LogP contribution in [0.2, 0.25) is 0 Å². The highest BCUT2D eigenvalue weighted by molar-refractivity contribution is 5.90. The van der Waals surface area contributed by atoms with E-state index in [0.717, 1.165) is 18.9 Å². The van der Waals surface area contributed by atoms with Gasteiger partial charge in [-0.1, -0.05) is 0 Å². The molecule has 21 heavy (non-hydrogen) atoms. The fourth-order valence-corrected chi connectivity index (χ4v) is 2.06. The first kappa shape index (κ1) is 15.2. The maximum atomic E-state index is 11.6. The number of nitrogens with one attached hydrogen (secondary N) is 1. The van der Waals surface area contributed by atoms with Crippen molar-refractivity contribution in [2.75, 3.05) is 36.5 Å². The average Bonchev–Trinajstić information content (AvgIpc) is 2.48. The van der Waals surface area contributed by atoms with E-state index >= 15 is 0 Å². The molecule has 0 aromatic carbocycles. The van der Waals surface area contributed by atoms with Crippen molar-refractivity contribution < 1.29 is 19.4 Å². The molecule has 0 saturated carbocycles. The number of carbonyl (C=O) groups is 2. The van der Waals surface area contributed by atoms with Gasteiger partial charge in [-0.15, -0.1) is 0 Å². The quantitative estimate of drug-likeness (QED) is 0.816. The predicted octanol–water partition coefficient (Wildman–Crippen LogP) is 1.11. The van der Waals surface area contributed by atoms with Crippen molar-refractivity contribution in [3.63, 3.8) is 0 Å². The number of hydrogen-bond donors (Lipinski definition) is 2. The average molecular weight is 293 g/mol. The Balaban J connectivity index is 1.81. The van der Waals surface area contributed by atoms with E-state index < -0.39 is 5.97 Å². The number of carbonyl (C=O) groups excluding carboxylic acids is 1. The number of pyridine rings is 1. The summed E-state index contributed by atoms with van der Waals surface area (Å²) in [5, 5.41) is 11.2. The number of nitrogens with zero attached hydrogens (tertiary/aromatic N) is 2. The van der Waals surface area contributed by atoms with Gasteiger partial charge in [0.05, 0.1) is 25.1 Å². The molecule has 114 valence electrons. The summed E-state index contributed by atoms with van der Waals surface area (Å²) in [5.41, 5.74) is 0.618. The van der Waals surface area contributed by atoms with E-state index in [9.17, 15) is 9.59 Å². The van der Waals surface area contributed by atoms with Gasteiger partial charge in [0.1, 0.15) is 5.82 Å². The Hall–Kier alpha value is -2.15. The lowest BCUT2D eigenvalue weighted by Crippen LogP contribution is -2.36. The van der Waals surface area contributed by atoms with Crippen LogP contribution in [0.25, 0.3) is 0 Å². The lowest BCUT2D eigenvalue weighted by molar-refractivity contribution is -0.137. The molecule has 0 unspecified atom stereocenters. The van der Waals surface area contributed by atoms with Gasteiger partial charge in [-0.25, -0.2) is 4.98 Å². The molecule has 0 atom stereocenters. The highest BCUT2D eigenvalue weighted by atomic mass is 16.5. The Kier molecular flexibility index (Phi) is 5.51. The van der Waals surface area contributed by atoms with Crippen LogP contribution in [-0.4, -0.2) is 48.3 Å². The first-order valence-corrected chi connectivity index (χ1v) is 6.95. The monoisotopic (exact) mass is 293 g/mol. The molecule has 0 spiro atoms. The van der Waals surface area contributed by atoms with Gasteiger partial charge < -0.3 is 20.1 Å². The predicted molar refractivity (Wildman–Crippen MR) is 77.4 cm³/mol. The largest absolute Gasteiger partial charge is 0.481 e. The summed E-state index contributed by atoms with van der Waals surface area (Å²) in [6.07, 6.45) is 2.14. The third-order valence-electron chi connectivity index (χ3n) is 3.16. The number of anilines is 2. The number of hydrogen-bond acceptors (Lipinski definition) is 5. The number of carboxylic acid groups (broad SMARTS) is 1. The smallest absolute Gasteiger partial charge is 0.303 e. The maximum absolute atomic E-state index is 11.6. The molecular formula is C14H19N3O4. The van der Waals surface area contributed by atoms with Crippen molar-refractivity contribution in [2.24, 2.45) is 0 Å². The van der Waals surface area contributed by atoms with Gasteiger partial charge in [0.25, 0.3) is 0 Å². The van der Waals surface area contributed by atoms with E-state index in [-0.39, 0.29) is 18.7 Å².